The van der Waals surface area contributed by atoms with Gasteiger partial charge in [0.15, 0.2) is 0 Å². The Labute approximate surface area is 208 Å². The third-order valence-corrected chi connectivity index (χ3v) is 5.99. The van der Waals surface area contributed by atoms with Crippen LogP contribution in [0.5, 0.6) is 0 Å². The van der Waals surface area contributed by atoms with Crippen LogP contribution >= 0.6 is 0 Å². The number of nitrogens with one attached hydrogen (secondary N) is 1. The number of benzene rings is 2. The molecule has 0 aromatic heterocycles. The Balaban J connectivity index is 1.68. The normalized spacial score (nSPS) is 16.8. The molecule has 1 aliphatic heterocycles. The molecule has 3 rings (SSSR count). The standard InChI is InChI=1S/C28H37N3O4/c1-28(2,3)35-27(34)30(4)19-22-14-11-17-31(20-22)26(33)24(18-21-12-7-5-8-13-21)29-25(32)23-15-9-6-10-16-23/h5-10,12-13,15-16,22,24H,11,14,17-20H2,1-4H3,(H,29,32). The molecule has 7 nitrogen and oxygen atoms in total. The van der Waals surface area contributed by atoms with Crippen molar-refractivity contribution in [1.82, 2.24) is 15.1 Å². The van der Waals surface area contributed by atoms with Gasteiger partial charge >= 0.3 is 6.09 Å². The van der Waals surface area contributed by atoms with Crippen molar-refractivity contribution in [3.8, 4) is 0 Å². The maximum Gasteiger partial charge on any atom is 0.410 e. The van der Waals surface area contributed by atoms with Crippen LogP contribution in [0.1, 0.15) is 49.5 Å². The fourth-order valence-electron chi connectivity index (χ4n) is 4.32. The summed E-state index contributed by atoms with van der Waals surface area (Å²) in [6.45, 7) is 7.22. The summed E-state index contributed by atoms with van der Waals surface area (Å²) in [5, 5.41) is 2.96. The molecule has 0 bridgehead atoms. The third-order valence-electron chi connectivity index (χ3n) is 5.99. The van der Waals surface area contributed by atoms with Crippen LogP contribution in [-0.4, -0.2) is 66.0 Å². The molecule has 188 valence electrons. The van der Waals surface area contributed by atoms with Gasteiger partial charge in [-0.05, 0) is 57.2 Å². The Morgan fingerprint density at radius 1 is 1.06 bits per heavy atom. The van der Waals surface area contributed by atoms with Gasteiger partial charge in [0, 0.05) is 38.7 Å². The predicted molar refractivity (Wildman–Crippen MR) is 136 cm³/mol. The first-order valence-electron chi connectivity index (χ1n) is 12.2. The number of piperidine rings is 1. The van der Waals surface area contributed by atoms with Crippen molar-refractivity contribution in [3.63, 3.8) is 0 Å². The van der Waals surface area contributed by atoms with Crippen molar-refractivity contribution in [2.24, 2.45) is 5.92 Å². The van der Waals surface area contributed by atoms with E-state index in [4.69, 9.17) is 4.74 Å². The molecular weight excluding hydrogens is 442 g/mol. The van der Waals surface area contributed by atoms with Gasteiger partial charge in [-0.1, -0.05) is 48.5 Å². The minimum absolute atomic E-state index is 0.0947. The lowest BCUT2D eigenvalue weighted by molar-refractivity contribution is -0.135. The zero-order valence-corrected chi connectivity index (χ0v) is 21.2. The molecule has 2 atom stereocenters. The minimum Gasteiger partial charge on any atom is -0.444 e. The average molecular weight is 480 g/mol. The van der Waals surface area contributed by atoms with Crippen LogP contribution in [0.25, 0.3) is 0 Å². The van der Waals surface area contributed by atoms with Crippen molar-refractivity contribution in [2.75, 3.05) is 26.7 Å². The quantitative estimate of drug-likeness (QED) is 0.648. The maximum atomic E-state index is 13.6. The number of ether oxygens (including phenoxy) is 1. The second-order valence-electron chi connectivity index (χ2n) is 10.2. The number of amides is 3. The first-order chi connectivity index (χ1) is 16.6. The van der Waals surface area contributed by atoms with Crippen molar-refractivity contribution in [3.05, 3.63) is 71.8 Å². The summed E-state index contributed by atoms with van der Waals surface area (Å²) in [5.74, 6) is -0.215. The topological polar surface area (TPSA) is 79.0 Å². The van der Waals surface area contributed by atoms with Gasteiger partial charge in [0.25, 0.3) is 5.91 Å². The fourth-order valence-corrected chi connectivity index (χ4v) is 4.32. The van der Waals surface area contributed by atoms with E-state index in [1.165, 1.54) is 0 Å². The van der Waals surface area contributed by atoms with Crippen LogP contribution in [0, 0.1) is 5.92 Å². The number of nitrogens with zero attached hydrogens (tertiary/aromatic N) is 2. The van der Waals surface area contributed by atoms with Gasteiger partial charge < -0.3 is 19.9 Å². The largest absolute Gasteiger partial charge is 0.444 e. The summed E-state index contributed by atoms with van der Waals surface area (Å²) in [7, 11) is 1.73. The van der Waals surface area contributed by atoms with Gasteiger partial charge in [-0.25, -0.2) is 4.79 Å². The van der Waals surface area contributed by atoms with E-state index < -0.39 is 11.6 Å². The molecule has 7 heteroatoms. The number of hydrogen-bond donors (Lipinski definition) is 1. The maximum absolute atomic E-state index is 13.6. The van der Waals surface area contributed by atoms with E-state index in [1.54, 1.807) is 36.2 Å². The molecule has 1 aliphatic rings. The van der Waals surface area contributed by atoms with E-state index in [2.05, 4.69) is 5.32 Å². The van der Waals surface area contributed by atoms with E-state index in [0.717, 1.165) is 18.4 Å². The SMILES string of the molecule is CN(CC1CCCN(C(=O)C(Cc2ccccc2)NC(=O)c2ccccc2)C1)C(=O)OC(C)(C)C. The van der Waals surface area contributed by atoms with E-state index in [1.807, 2.05) is 62.1 Å². The molecule has 1 N–H and O–H groups in total. The number of carbonyl (C=O) groups excluding carboxylic acids is 3. The third kappa shape index (κ3) is 8.12. The second-order valence-corrected chi connectivity index (χ2v) is 10.2. The molecule has 2 aromatic carbocycles. The van der Waals surface area contributed by atoms with Crippen molar-refractivity contribution >= 4 is 17.9 Å². The Kier molecular flexibility index (Phi) is 8.90. The smallest absolute Gasteiger partial charge is 0.410 e. The lowest BCUT2D eigenvalue weighted by atomic mass is 9.96. The molecule has 2 aromatic rings. The number of hydrogen-bond acceptors (Lipinski definition) is 4. The summed E-state index contributed by atoms with van der Waals surface area (Å²) in [4.78, 5) is 42.3. The van der Waals surface area contributed by atoms with E-state index >= 15 is 0 Å². The Hall–Kier alpha value is -3.35. The summed E-state index contributed by atoms with van der Waals surface area (Å²) < 4.78 is 5.46. The molecule has 0 aliphatic carbocycles. The highest BCUT2D eigenvalue weighted by atomic mass is 16.6. The van der Waals surface area contributed by atoms with Crippen LogP contribution in [-0.2, 0) is 16.0 Å². The Morgan fingerprint density at radius 3 is 2.31 bits per heavy atom. The van der Waals surface area contributed by atoms with Crippen LogP contribution in [0.4, 0.5) is 4.79 Å². The van der Waals surface area contributed by atoms with Crippen molar-refractivity contribution in [2.45, 2.75) is 51.7 Å². The fraction of sp³-hybridized carbons (Fsp3) is 0.464. The Morgan fingerprint density at radius 2 is 1.69 bits per heavy atom. The van der Waals surface area contributed by atoms with Crippen LogP contribution in [0.15, 0.2) is 60.7 Å². The highest BCUT2D eigenvalue weighted by molar-refractivity contribution is 5.97. The molecule has 0 radical (unpaired) electrons. The van der Waals surface area contributed by atoms with Gasteiger partial charge in [-0.2, -0.15) is 0 Å². The number of rotatable bonds is 7. The summed E-state index contributed by atoms with van der Waals surface area (Å²) in [5.41, 5.74) is 0.952. The zero-order valence-electron chi connectivity index (χ0n) is 21.2. The molecule has 1 heterocycles. The first kappa shape index (κ1) is 26.3. The molecule has 0 spiro atoms. The van der Waals surface area contributed by atoms with Gasteiger partial charge in [-0.3, -0.25) is 9.59 Å². The second kappa shape index (κ2) is 11.9. The molecule has 2 unspecified atom stereocenters. The molecule has 1 saturated heterocycles. The molecule has 0 saturated carbocycles. The predicted octanol–water partition coefficient (Wildman–Crippen LogP) is 4.13. The van der Waals surface area contributed by atoms with E-state index in [0.29, 0.717) is 31.6 Å². The highest BCUT2D eigenvalue weighted by Gasteiger charge is 2.32. The number of likely N-dealkylation sites (tertiary alicyclic amines) is 1. The minimum atomic E-state index is -0.674. The lowest BCUT2D eigenvalue weighted by Crippen LogP contribution is -2.53. The molecule has 35 heavy (non-hydrogen) atoms. The van der Waals surface area contributed by atoms with Crippen molar-refractivity contribution < 1.29 is 19.1 Å². The van der Waals surface area contributed by atoms with E-state index in [9.17, 15) is 14.4 Å². The summed E-state index contributed by atoms with van der Waals surface area (Å²) in [6, 6.07) is 18.0. The van der Waals surface area contributed by atoms with Crippen LogP contribution in [0.3, 0.4) is 0 Å². The monoisotopic (exact) mass is 479 g/mol. The van der Waals surface area contributed by atoms with Gasteiger partial charge in [-0.15, -0.1) is 0 Å². The average Bonchev–Trinajstić information content (AvgIpc) is 2.83. The Bertz CT molecular complexity index is 988. The zero-order chi connectivity index (χ0) is 25.4. The molecule has 1 fully saturated rings. The van der Waals surface area contributed by atoms with Crippen LogP contribution in [0.2, 0.25) is 0 Å². The number of carbonyl (C=O) groups is 3. The summed E-state index contributed by atoms with van der Waals surface area (Å²) in [6.07, 6.45) is 1.83. The summed E-state index contributed by atoms with van der Waals surface area (Å²) >= 11 is 0. The lowest BCUT2D eigenvalue weighted by Gasteiger charge is -2.37. The molecule has 3 amide bonds. The molecular formula is C28H37N3O4. The van der Waals surface area contributed by atoms with Crippen molar-refractivity contribution in [1.29, 1.82) is 0 Å². The van der Waals surface area contributed by atoms with Gasteiger partial charge in [0.05, 0.1) is 0 Å². The van der Waals surface area contributed by atoms with E-state index in [-0.39, 0.29) is 23.8 Å². The highest BCUT2D eigenvalue weighted by Crippen LogP contribution is 2.20. The first-order valence-corrected chi connectivity index (χ1v) is 12.2. The van der Waals surface area contributed by atoms with Crippen LogP contribution < -0.4 is 5.32 Å². The van der Waals surface area contributed by atoms with Gasteiger partial charge in [0.1, 0.15) is 11.6 Å². The van der Waals surface area contributed by atoms with Gasteiger partial charge in [0.2, 0.25) is 5.91 Å².